The van der Waals surface area contributed by atoms with Gasteiger partial charge in [-0.1, -0.05) is 0 Å². The van der Waals surface area contributed by atoms with Gasteiger partial charge in [-0.2, -0.15) is 0 Å². The molecule has 2 rings (SSSR count). The summed E-state index contributed by atoms with van der Waals surface area (Å²) in [5.41, 5.74) is 0.656. The number of halogens is 1. The van der Waals surface area contributed by atoms with Gasteiger partial charge >= 0.3 is 0 Å². The van der Waals surface area contributed by atoms with Crippen LogP contribution < -0.4 is 5.32 Å². The van der Waals surface area contributed by atoms with E-state index >= 15 is 0 Å². The fourth-order valence-electron chi connectivity index (χ4n) is 2.17. The van der Waals surface area contributed by atoms with Crippen LogP contribution in [-0.4, -0.2) is 40.8 Å². The molecule has 0 atom stereocenters. The third-order valence-electron chi connectivity index (χ3n) is 3.06. The number of hydrogen-bond donors (Lipinski definition) is 2. The number of hydrogen-bond acceptors (Lipinski definition) is 2. The molecule has 0 saturated heterocycles. The summed E-state index contributed by atoms with van der Waals surface area (Å²) in [7, 11) is 1.55. The minimum atomic E-state index is -0.358. The van der Waals surface area contributed by atoms with Gasteiger partial charge < -0.3 is 15.2 Å². The molecule has 5 nitrogen and oxygen atoms in total. The van der Waals surface area contributed by atoms with E-state index in [4.69, 9.17) is 0 Å². The fourth-order valence-corrected chi connectivity index (χ4v) is 2.17. The van der Waals surface area contributed by atoms with Gasteiger partial charge in [0.15, 0.2) is 0 Å². The first-order valence-electron chi connectivity index (χ1n) is 7.00. The lowest BCUT2D eigenvalue weighted by atomic mass is 10.1. The van der Waals surface area contributed by atoms with Gasteiger partial charge in [0.1, 0.15) is 11.5 Å². The van der Waals surface area contributed by atoms with E-state index in [1.807, 2.05) is 20.8 Å². The first-order chi connectivity index (χ1) is 10.2. The van der Waals surface area contributed by atoms with Gasteiger partial charge in [-0.05, 0) is 45.0 Å². The first-order valence-corrected chi connectivity index (χ1v) is 7.00. The standard InChI is InChI=1S/C16H20FN3O2/c1-16(2,3)19-14(21)9-20(4)15(22)13-8-10-7-11(17)5-6-12(10)18-13/h5-8,18H,9H2,1-4H3,(H,19,21). The zero-order valence-electron chi connectivity index (χ0n) is 13.2. The van der Waals surface area contributed by atoms with Crippen LogP contribution in [0.3, 0.4) is 0 Å². The van der Waals surface area contributed by atoms with Crippen LogP contribution >= 0.6 is 0 Å². The summed E-state index contributed by atoms with van der Waals surface area (Å²) >= 11 is 0. The number of likely N-dealkylation sites (N-methyl/N-ethyl adjacent to an activating group) is 1. The Kier molecular flexibility index (Phi) is 4.21. The first kappa shape index (κ1) is 16.0. The van der Waals surface area contributed by atoms with E-state index in [1.165, 1.54) is 17.0 Å². The quantitative estimate of drug-likeness (QED) is 0.914. The van der Waals surface area contributed by atoms with Crippen LogP contribution in [0, 0.1) is 5.82 Å². The lowest BCUT2D eigenvalue weighted by Crippen LogP contribution is -2.46. The van der Waals surface area contributed by atoms with Crippen LogP contribution in [0.15, 0.2) is 24.3 Å². The minimum absolute atomic E-state index is 0.0418. The lowest BCUT2D eigenvalue weighted by molar-refractivity contribution is -0.122. The number of rotatable bonds is 3. The molecule has 22 heavy (non-hydrogen) atoms. The van der Waals surface area contributed by atoms with Crippen LogP contribution in [0.1, 0.15) is 31.3 Å². The highest BCUT2D eigenvalue weighted by Gasteiger charge is 2.20. The Balaban J connectivity index is 2.10. The molecule has 6 heteroatoms. The zero-order valence-corrected chi connectivity index (χ0v) is 13.2. The largest absolute Gasteiger partial charge is 0.351 e. The van der Waals surface area contributed by atoms with Crippen LogP contribution in [0.4, 0.5) is 4.39 Å². The lowest BCUT2D eigenvalue weighted by Gasteiger charge is -2.23. The molecule has 0 unspecified atom stereocenters. The van der Waals surface area contributed by atoms with Crippen molar-refractivity contribution in [3.63, 3.8) is 0 Å². The van der Waals surface area contributed by atoms with Crippen molar-refractivity contribution in [1.82, 2.24) is 15.2 Å². The molecule has 0 aliphatic heterocycles. The van der Waals surface area contributed by atoms with Gasteiger partial charge in [0, 0.05) is 23.5 Å². The number of H-pyrrole nitrogens is 1. The monoisotopic (exact) mass is 305 g/mol. The van der Waals surface area contributed by atoms with Crippen molar-refractivity contribution in [2.45, 2.75) is 26.3 Å². The fraction of sp³-hybridized carbons (Fsp3) is 0.375. The molecule has 2 aromatic rings. The Morgan fingerprint density at radius 1 is 1.27 bits per heavy atom. The summed E-state index contributed by atoms with van der Waals surface area (Å²) in [6.45, 7) is 5.58. The van der Waals surface area contributed by atoms with E-state index in [1.54, 1.807) is 19.2 Å². The van der Waals surface area contributed by atoms with Gasteiger partial charge in [-0.3, -0.25) is 9.59 Å². The summed E-state index contributed by atoms with van der Waals surface area (Å²) in [5.74, 6) is -0.908. The number of benzene rings is 1. The van der Waals surface area contributed by atoms with Gasteiger partial charge in [0.25, 0.3) is 5.91 Å². The number of nitrogens with one attached hydrogen (secondary N) is 2. The molecule has 2 N–H and O–H groups in total. The Bertz CT molecular complexity index is 716. The number of nitrogens with zero attached hydrogens (tertiary/aromatic N) is 1. The topological polar surface area (TPSA) is 65.2 Å². The van der Waals surface area contributed by atoms with Crippen LogP contribution in [-0.2, 0) is 4.79 Å². The van der Waals surface area contributed by atoms with Crippen molar-refractivity contribution in [3.05, 3.63) is 35.8 Å². The summed E-state index contributed by atoms with van der Waals surface area (Å²) in [6, 6.07) is 5.84. The number of fused-ring (bicyclic) bond motifs is 1. The van der Waals surface area contributed by atoms with Crippen molar-refractivity contribution in [2.75, 3.05) is 13.6 Å². The third-order valence-corrected chi connectivity index (χ3v) is 3.06. The Morgan fingerprint density at radius 3 is 2.59 bits per heavy atom. The number of aromatic amines is 1. The van der Waals surface area contributed by atoms with E-state index in [0.717, 1.165) is 0 Å². The summed E-state index contributed by atoms with van der Waals surface area (Å²) in [4.78, 5) is 28.4. The summed E-state index contributed by atoms with van der Waals surface area (Å²) in [6.07, 6.45) is 0. The maximum atomic E-state index is 13.2. The average Bonchev–Trinajstić information content (AvgIpc) is 2.77. The molecular formula is C16H20FN3O2. The predicted octanol–water partition coefficient (Wildman–Crippen LogP) is 2.29. The van der Waals surface area contributed by atoms with Gasteiger partial charge in [0.2, 0.25) is 5.91 Å². The highest BCUT2D eigenvalue weighted by atomic mass is 19.1. The molecule has 118 valence electrons. The smallest absolute Gasteiger partial charge is 0.270 e. The molecule has 2 amide bonds. The Labute approximate surface area is 128 Å². The second kappa shape index (κ2) is 5.79. The van der Waals surface area contributed by atoms with Crippen LogP contribution in [0.2, 0.25) is 0 Å². The predicted molar refractivity (Wildman–Crippen MR) is 83.1 cm³/mol. The van der Waals surface area contributed by atoms with E-state index in [9.17, 15) is 14.0 Å². The van der Waals surface area contributed by atoms with E-state index in [2.05, 4.69) is 10.3 Å². The number of aromatic nitrogens is 1. The molecule has 0 aliphatic rings. The maximum absolute atomic E-state index is 13.2. The van der Waals surface area contributed by atoms with E-state index in [-0.39, 0.29) is 29.7 Å². The molecule has 0 aliphatic carbocycles. The van der Waals surface area contributed by atoms with E-state index in [0.29, 0.717) is 16.6 Å². The molecule has 0 saturated carbocycles. The van der Waals surface area contributed by atoms with Gasteiger partial charge in [-0.25, -0.2) is 4.39 Å². The molecule has 0 bridgehead atoms. The third kappa shape index (κ3) is 3.84. The van der Waals surface area contributed by atoms with Crippen molar-refractivity contribution < 1.29 is 14.0 Å². The molecule has 1 heterocycles. The van der Waals surface area contributed by atoms with E-state index < -0.39 is 0 Å². The highest BCUT2D eigenvalue weighted by molar-refractivity contribution is 5.99. The Hall–Kier alpha value is -2.37. The normalized spacial score (nSPS) is 11.5. The van der Waals surface area contributed by atoms with Crippen LogP contribution in [0.5, 0.6) is 0 Å². The van der Waals surface area contributed by atoms with Crippen molar-refractivity contribution in [2.24, 2.45) is 0 Å². The summed E-state index contributed by atoms with van der Waals surface area (Å²) < 4.78 is 13.2. The highest BCUT2D eigenvalue weighted by Crippen LogP contribution is 2.17. The number of carbonyl (C=O) groups is 2. The van der Waals surface area contributed by atoms with Gasteiger partial charge in [-0.15, -0.1) is 0 Å². The second-order valence-electron chi connectivity index (χ2n) is 6.37. The molecule has 1 aromatic heterocycles. The molecule has 0 spiro atoms. The molecular weight excluding hydrogens is 285 g/mol. The minimum Gasteiger partial charge on any atom is -0.351 e. The average molecular weight is 305 g/mol. The van der Waals surface area contributed by atoms with Crippen molar-refractivity contribution >= 4 is 22.7 Å². The number of amides is 2. The van der Waals surface area contributed by atoms with Crippen LogP contribution in [0.25, 0.3) is 10.9 Å². The van der Waals surface area contributed by atoms with Crippen molar-refractivity contribution in [3.8, 4) is 0 Å². The maximum Gasteiger partial charge on any atom is 0.270 e. The zero-order chi connectivity index (χ0) is 16.5. The second-order valence-corrected chi connectivity index (χ2v) is 6.37. The van der Waals surface area contributed by atoms with Crippen molar-refractivity contribution in [1.29, 1.82) is 0 Å². The summed E-state index contributed by atoms with van der Waals surface area (Å²) in [5, 5.41) is 3.42. The number of carbonyl (C=O) groups excluding carboxylic acids is 2. The van der Waals surface area contributed by atoms with Gasteiger partial charge in [0.05, 0.1) is 6.54 Å². The molecule has 1 aromatic carbocycles. The molecule has 0 radical (unpaired) electrons. The molecule has 0 fully saturated rings. The SMILES string of the molecule is CN(CC(=O)NC(C)(C)C)C(=O)c1cc2cc(F)ccc2[nH]1. The Morgan fingerprint density at radius 2 is 1.95 bits per heavy atom.